The molecule has 0 saturated carbocycles. The molecule has 0 atom stereocenters. The summed E-state index contributed by atoms with van der Waals surface area (Å²) in [5.41, 5.74) is 3.14. The van der Waals surface area contributed by atoms with Gasteiger partial charge in [-0.05, 0) is 32.9 Å². The third-order valence-electron chi connectivity index (χ3n) is 2.53. The van der Waals surface area contributed by atoms with Crippen molar-refractivity contribution >= 4 is 11.8 Å². The number of hydrogen-bond acceptors (Lipinski definition) is 2. The van der Waals surface area contributed by atoms with E-state index in [9.17, 15) is 0 Å². The first-order valence-corrected chi connectivity index (χ1v) is 5.12. The summed E-state index contributed by atoms with van der Waals surface area (Å²) in [5, 5.41) is 0. The SMILES string of the molecule is C=C1c2ncccc2C=CN1C(C)(C)C. The summed E-state index contributed by atoms with van der Waals surface area (Å²) >= 11 is 0. The molecule has 0 spiro atoms. The molecule has 0 N–H and O–H groups in total. The predicted octanol–water partition coefficient (Wildman–Crippen LogP) is 3.14. The largest absolute Gasteiger partial charge is 0.341 e. The van der Waals surface area contributed by atoms with Crippen molar-refractivity contribution in [3.8, 4) is 0 Å². The van der Waals surface area contributed by atoms with Crippen molar-refractivity contribution in [2.75, 3.05) is 0 Å². The molecule has 0 aliphatic carbocycles. The van der Waals surface area contributed by atoms with E-state index in [0.29, 0.717) is 0 Å². The number of aromatic nitrogens is 1. The van der Waals surface area contributed by atoms with Gasteiger partial charge < -0.3 is 4.90 Å². The average Bonchev–Trinajstić information content (AvgIpc) is 2.16. The smallest absolute Gasteiger partial charge is 0.0933 e. The lowest BCUT2D eigenvalue weighted by Crippen LogP contribution is -2.36. The minimum atomic E-state index is 0.0444. The molecule has 0 fully saturated rings. The summed E-state index contributed by atoms with van der Waals surface area (Å²) in [6.45, 7) is 10.6. The van der Waals surface area contributed by atoms with Gasteiger partial charge in [0.05, 0.1) is 11.4 Å². The van der Waals surface area contributed by atoms with Crippen LogP contribution in [0.3, 0.4) is 0 Å². The zero-order valence-electron chi connectivity index (χ0n) is 9.49. The van der Waals surface area contributed by atoms with Crippen molar-refractivity contribution in [3.05, 3.63) is 42.4 Å². The molecular weight excluding hydrogens is 184 g/mol. The summed E-state index contributed by atoms with van der Waals surface area (Å²) in [6, 6.07) is 4.01. The van der Waals surface area contributed by atoms with Crippen molar-refractivity contribution in [2.45, 2.75) is 26.3 Å². The highest BCUT2D eigenvalue weighted by molar-refractivity contribution is 5.74. The molecule has 15 heavy (non-hydrogen) atoms. The summed E-state index contributed by atoms with van der Waals surface area (Å²) in [6.07, 6.45) is 5.97. The molecular formula is C13H16N2. The Balaban J connectivity index is 2.46. The molecule has 2 rings (SSSR count). The molecule has 2 nitrogen and oxygen atoms in total. The number of hydrogen-bond donors (Lipinski definition) is 0. The summed E-state index contributed by atoms with van der Waals surface area (Å²) in [4.78, 5) is 6.53. The predicted molar refractivity (Wildman–Crippen MR) is 63.9 cm³/mol. The molecule has 0 saturated heterocycles. The van der Waals surface area contributed by atoms with E-state index in [4.69, 9.17) is 0 Å². The van der Waals surface area contributed by atoms with Gasteiger partial charge in [-0.2, -0.15) is 0 Å². The maximum Gasteiger partial charge on any atom is 0.0933 e. The Morgan fingerprint density at radius 1 is 1.33 bits per heavy atom. The van der Waals surface area contributed by atoms with Gasteiger partial charge in [0.1, 0.15) is 0 Å². The Morgan fingerprint density at radius 2 is 2.07 bits per heavy atom. The van der Waals surface area contributed by atoms with Crippen LogP contribution in [0.25, 0.3) is 11.8 Å². The third-order valence-corrected chi connectivity index (χ3v) is 2.53. The first-order chi connectivity index (χ1) is 7.00. The average molecular weight is 200 g/mol. The molecule has 0 bridgehead atoms. The second-order valence-corrected chi connectivity index (χ2v) is 4.74. The van der Waals surface area contributed by atoms with Crippen LogP contribution in [-0.4, -0.2) is 15.4 Å². The van der Waals surface area contributed by atoms with Crippen LogP contribution in [0.4, 0.5) is 0 Å². The van der Waals surface area contributed by atoms with Gasteiger partial charge in [0, 0.05) is 23.5 Å². The molecule has 0 amide bonds. The molecule has 1 aromatic heterocycles. The van der Waals surface area contributed by atoms with E-state index in [-0.39, 0.29) is 5.54 Å². The minimum Gasteiger partial charge on any atom is -0.341 e. The van der Waals surface area contributed by atoms with Crippen LogP contribution >= 0.6 is 0 Å². The Bertz CT molecular complexity index is 424. The van der Waals surface area contributed by atoms with Crippen LogP contribution in [-0.2, 0) is 0 Å². The topological polar surface area (TPSA) is 16.1 Å². The highest BCUT2D eigenvalue weighted by Gasteiger charge is 2.25. The van der Waals surface area contributed by atoms with E-state index >= 15 is 0 Å². The summed E-state index contributed by atoms with van der Waals surface area (Å²) in [5.74, 6) is 0. The van der Waals surface area contributed by atoms with Crippen LogP contribution in [0.1, 0.15) is 32.0 Å². The van der Waals surface area contributed by atoms with Crippen LogP contribution in [0, 0.1) is 0 Å². The van der Waals surface area contributed by atoms with E-state index < -0.39 is 0 Å². The molecule has 0 unspecified atom stereocenters. The molecule has 0 aromatic carbocycles. The van der Waals surface area contributed by atoms with E-state index in [2.05, 4.69) is 55.6 Å². The van der Waals surface area contributed by atoms with E-state index in [0.717, 1.165) is 17.0 Å². The van der Waals surface area contributed by atoms with Crippen LogP contribution < -0.4 is 0 Å². The molecule has 2 heterocycles. The van der Waals surface area contributed by atoms with E-state index in [1.165, 1.54) is 0 Å². The lowest BCUT2D eigenvalue weighted by molar-refractivity contribution is 0.296. The summed E-state index contributed by atoms with van der Waals surface area (Å²) < 4.78 is 0. The zero-order valence-corrected chi connectivity index (χ0v) is 9.49. The molecule has 2 heteroatoms. The Morgan fingerprint density at radius 3 is 2.73 bits per heavy atom. The van der Waals surface area contributed by atoms with Crippen molar-refractivity contribution in [2.24, 2.45) is 0 Å². The second kappa shape index (κ2) is 3.23. The van der Waals surface area contributed by atoms with Crippen LogP contribution in [0.5, 0.6) is 0 Å². The molecule has 1 aliphatic heterocycles. The summed E-state index contributed by atoms with van der Waals surface area (Å²) in [7, 11) is 0. The highest BCUT2D eigenvalue weighted by Crippen LogP contribution is 2.31. The fourth-order valence-electron chi connectivity index (χ4n) is 1.78. The molecule has 1 aliphatic rings. The van der Waals surface area contributed by atoms with E-state index in [1.54, 1.807) is 0 Å². The first-order valence-electron chi connectivity index (χ1n) is 5.12. The van der Waals surface area contributed by atoms with E-state index in [1.807, 2.05) is 12.3 Å². The number of rotatable bonds is 0. The lowest BCUT2D eigenvalue weighted by Gasteiger charge is -2.38. The van der Waals surface area contributed by atoms with Gasteiger partial charge in [-0.3, -0.25) is 4.98 Å². The van der Waals surface area contributed by atoms with Gasteiger partial charge in [0.15, 0.2) is 0 Å². The van der Waals surface area contributed by atoms with Crippen molar-refractivity contribution < 1.29 is 0 Å². The van der Waals surface area contributed by atoms with Crippen LogP contribution in [0.15, 0.2) is 31.1 Å². The number of pyridine rings is 1. The Labute approximate surface area is 90.9 Å². The first kappa shape index (κ1) is 9.97. The lowest BCUT2D eigenvalue weighted by atomic mass is 10.0. The third kappa shape index (κ3) is 1.67. The number of nitrogens with zero attached hydrogens (tertiary/aromatic N) is 2. The fourth-order valence-corrected chi connectivity index (χ4v) is 1.78. The van der Waals surface area contributed by atoms with Crippen molar-refractivity contribution in [1.29, 1.82) is 0 Å². The Hall–Kier alpha value is -1.57. The zero-order chi connectivity index (χ0) is 11.1. The molecule has 78 valence electrons. The maximum atomic E-state index is 4.37. The monoisotopic (exact) mass is 200 g/mol. The van der Waals surface area contributed by atoms with Gasteiger partial charge in [0.2, 0.25) is 0 Å². The van der Waals surface area contributed by atoms with Gasteiger partial charge in [-0.25, -0.2) is 0 Å². The minimum absolute atomic E-state index is 0.0444. The quantitative estimate of drug-likeness (QED) is 0.639. The van der Waals surface area contributed by atoms with Gasteiger partial charge in [0.25, 0.3) is 0 Å². The normalized spacial score (nSPS) is 15.4. The number of fused-ring (bicyclic) bond motifs is 1. The van der Waals surface area contributed by atoms with Crippen molar-refractivity contribution in [1.82, 2.24) is 9.88 Å². The second-order valence-electron chi connectivity index (χ2n) is 4.74. The van der Waals surface area contributed by atoms with Gasteiger partial charge >= 0.3 is 0 Å². The Kier molecular flexibility index (Phi) is 2.14. The maximum absolute atomic E-state index is 4.37. The van der Waals surface area contributed by atoms with Gasteiger partial charge in [-0.15, -0.1) is 0 Å². The molecule has 1 aromatic rings. The van der Waals surface area contributed by atoms with Crippen molar-refractivity contribution in [3.63, 3.8) is 0 Å². The van der Waals surface area contributed by atoms with Crippen LogP contribution in [0.2, 0.25) is 0 Å². The fraction of sp³-hybridized carbons (Fsp3) is 0.308. The highest BCUT2D eigenvalue weighted by atomic mass is 15.2. The molecule has 0 radical (unpaired) electrons. The standard InChI is InChI=1S/C13H16N2/c1-10-12-11(6-5-8-14-12)7-9-15(10)13(2,3)4/h5-9H,1H2,2-4H3. The van der Waals surface area contributed by atoms with Gasteiger partial charge in [-0.1, -0.05) is 12.6 Å².